The topological polar surface area (TPSA) is 82.0 Å². The molecule has 0 bridgehead atoms. The van der Waals surface area contributed by atoms with Gasteiger partial charge in [0.1, 0.15) is 17.5 Å². The highest BCUT2D eigenvalue weighted by Crippen LogP contribution is 2.37. The monoisotopic (exact) mass is 414 g/mol. The lowest BCUT2D eigenvalue weighted by Gasteiger charge is -2.39. The molecule has 0 radical (unpaired) electrons. The standard InChI is InChI=1S/C23H27FN2O4/c24-18-7-5-17(6-8-18)21-19-4-2-1-3-16(19)9-11-26(21)22(28)20-13-23(29,15-30-20)14-25-10-12-27/h1-8,20-21,25,27,29H,9-15H2/t20-,21-,23+/m0/s1. The lowest BCUT2D eigenvalue weighted by Crippen LogP contribution is -2.46. The molecule has 2 aromatic carbocycles. The van der Waals surface area contributed by atoms with E-state index in [1.54, 1.807) is 17.0 Å². The van der Waals surface area contributed by atoms with E-state index >= 15 is 0 Å². The van der Waals surface area contributed by atoms with Crippen LogP contribution in [0, 0.1) is 5.82 Å². The van der Waals surface area contributed by atoms with Gasteiger partial charge in [-0.2, -0.15) is 0 Å². The Balaban J connectivity index is 1.58. The molecular weight excluding hydrogens is 387 g/mol. The minimum absolute atomic E-state index is 0.0220. The summed E-state index contributed by atoms with van der Waals surface area (Å²) in [7, 11) is 0. The molecule has 0 unspecified atom stereocenters. The van der Waals surface area contributed by atoms with Crippen LogP contribution in [-0.2, 0) is 16.0 Å². The van der Waals surface area contributed by atoms with E-state index in [4.69, 9.17) is 9.84 Å². The molecule has 3 N–H and O–H groups in total. The number of ether oxygens (including phenoxy) is 1. The van der Waals surface area contributed by atoms with Crippen molar-refractivity contribution in [3.8, 4) is 0 Å². The van der Waals surface area contributed by atoms with Crippen molar-refractivity contribution in [2.24, 2.45) is 0 Å². The highest BCUT2D eigenvalue weighted by molar-refractivity contribution is 5.82. The molecule has 1 fully saturated rings. The first-order chi connectivity index (χ1) is 14.5. The van der Waals surface area contributed by atoms with Crippen LogP contribution in [0.3, 0.4) is 0 Å². The maximum Gasteiger partial charge on any atom is 0.252 e. The molecule has 1 amide bonds. The molecular formula is C23H27FN2O4. The number of hydrogen-bond acceptors (Lipinski definition) is 5. The summed E-state index contributed by atoms with van der Waals surface area (Å²) in [5.41, 5.74) is 1.90. The van der Waals surface area contributed by atoms with Crippen molar-refractivity contribution in [3.63, 3.8) is 0 Å². The van der Waals surface area contributed by atoms with Gasteiger partial charge >= 0.3 is 0 Å². The zero-order chi connectivity index (χ0) is 21.1. The van der Waals surface area contributed by atoms with Gasteiger partial charge < -0.3 is 25.2 Å². The first kappa shape index (κ1) is 20.9. The molecule has 3 atom stereocenters. The number of carbonyl (C=O) groups is 1. The van der Waals surface area contributed by atoms with E-state index in [0.717, 1.165) is 17.5 Å². The van der Waals surface area contributed by atoms with Crippen LogP contribution >= 0.6 is 0 Å². The number of nitrogens with zero attached hydrogens (tertiary/aromatic N) is 1. The van der Waals surface area contributed by atoms with Gasteiger partial charge in [0.2, 0.25) is 0 Å². The van der Waals surface area contributed by atoms with Crippen LogP contribution < -0.4 is 5.32 Å². The van der Waals surface area contributed by atoms with Crippen LogP contribution in [0.25, 0.3) is 0 Å². The number of amides is 1. The van der Waals surface area contributed by atoms with E-state index in [1.807, 2.05) is 18.2 Å². The van der Waals surface area contributed by atoms with Crippen molar-refractivity contribution in [1.29, 1.82) is 0 Å². The molecule has 2 heterocycles. The van der Waals surface area contributed by atoms with Crippen molar-refractivity contribution in [3.05, 3.63) is 71.0 Å². The fourth-order valence-corrected chi connectivity index (χ4v) is 4.39. The summed E-state index contributed by atoms with van der Waals surface area (Å²) in [5, 5.41) is 22.6. The number of aliphatic hydroxyl groups excluding tert-OH is 1. The van der Waals surface area contributed by atoms with Gasteiger partial charge in [-0.1, -0.05) is 36.4 Å². The van der Waals surface area contributed by atoms with Gasteiger partial charge in [0, 0.05) is 26.1 Å². The number of hydrogen-bond donors (Lipinski definition) is 3. The predicted molar refractivity (Wildman–Crippen MR) is 109 cm³/mol. The van der Waals surface area contributed by atoms with E-state index in [0.29, 0.717) is 13.1 Å². The van der Waals surface area contributed by atoms with E-state index in [1.165, 1.54) is 17.7 Å². The van der Waals surface area contributed by atoms with E-state index in [2.05, 4.69) is 11.4 Å². The zero-order valence-corrected chi connectivity index (χ0v) is 16.8. The van der Waals surface area contributed by atoms with Gasteiger partial charge in [-0.15, -0.1) is 0 Å². The highest BCUT2D eigenvalue weighted by Gasteiger charge is 2.44. The van der Waals surface area contributed by atoms with Crippen molar-refractivity contribution < 1.29 is 24.1 Å². The van der Waals surface area contributed by atoms with Gasteiger partial charge in [0.05, 0.1) is 19.3 Å². The number of benzene rings is 2. The van der Waals surface area contributed by atoms with Crippen LogP contribution in [0.5, 0.6) is 0 Å². The lowest BCUT2D eigenvalue weighted by atomic mass is 9.87. The first-order valence-corrected chi connectivity index (χ1v) is 10.3. The highest BCUT2D eigenvalue weighted by atomic mass is 19.1. The van der Waals surface area contributed by atoms with Crippen LogP contribution in [0.15, 0.2) is 48.5 Å². The summed E-state index contributed by atoms with van der Waals surface area (Å²) in [6.07, 6.45) is 0.187. The van der Waals surface area contributed by atoms with Crippen LogP contribution in [-0.4, -0.2) is 65.6 Å². The minimum atomic E-state index is -1.14. The average Bonchev–Trinajstić information content (AvgIpc) is 3.15. The fraction of sp³-hybridized carbons (Fsp3) is 0.435. The maximum absolute atomic E-state index is 13.5. The predicted octanol–water partition coefficient (Wildman–Crippen LogP) is 1.40. The van der Waals surface area contributed by atoms with E-state index in [9.17, 15) is 14.3 Å². The lowest BCUT2D eigenvalue weighted by molar-refractivity contribution is -0.143. The molecule has 6 nitrogen and oxygen atoms in total. The number of nitrogens with one attached hydrogen (secondary N) is 1. The Morgan fingerprint density at radius 2 is 2.00 bits per heavy atom. The molecule has 1 saturated heterocycles. The molecule has 0 aromatic heterocycles. The quantitative estimate of drug-likeness (QED) is 0.623. The van der Waals surface area contributed by atoms with E-state index in [-0.39, 0.29) is 43.9 Å². The van der Waals surface area contributed by atoms with Gasteiger partial charge in [0.15, 0.2) is 0 Å². The van der Waals surface area contributed by atoms with Crippen molar-refractivity contribution in [1.82, 2.24) is 10.2 Å². The number of rotatable bonds is 6. The second kappa shape index (κ2) is 8.81. The van der Waals surface area contributed by atoms with Crippen molar-refractivity contribution in [2.75, 3.05) is 32.8 Å². The Hall–Kier alpha value is -2.32. The molecule has 0 spiro atoms. The molecule has 2 aliphatic heterocycles. The second-order valence-electron chi connectivity index (χ2n) is 8.06. The van der Waals surface area contributed by atoms with Crippen molar-refractivity contribution in [2.45, 2.75) is 30.6 Å². The molecule has 160 valence electrons. The third-order valence-electron chi connectivity index (χ3n) is 5.89. The molecule has 2 aromatic rings. The Morgan fingerprint density at radius 3 is 2.77 bits per heavy atom. The number of fused-ring (bicyclic) bond motifs is 1. The van der Waals surface area contributed by atoms with Crippen LogP contribution in [0.4, 0.5) is 4.39 Å². The molecule has 4 rings (SSSR count). The summed E-state index contributed by atoms with van der Waals surface area (Å²) >= 11 is 0. The van der Waals surface area contributed by atoms with Gasteiger partial charge in [-0.05, 0) is 35.2 Å². The molecule has 0 aliphatic carbocycles. The summed E-state index contributed by atoms with van der Waals surface area (Å²) in [4.78, 5) is 15.2. The Bertz CT molecular complexity index is 891. The largest absolute Gasteiger partial charge is 0.395 e. The maximum atomic E-state index is 13.5. The summed E-state index contributed by atoms with van der Waals surface area (Å²) in [6.45, 7) is 1.19. The molecule has 2 aliphatic rings. The SMILES string of the molecule is O=C([C@@H]1C[C@@](O)(CNCCO)CO1)N1CCc2ccccc2[C@@H]1c1ccc(F)cc1. The number of carbonyl (C=O) groups excluding carboxylic acids is 1. The number of aliphatic hydroxyl groups is 2. The number of halogens is 1. The average molecular weight is 414 g/mol. The Labute approximate surface area is 175 Å². The molecule has 0 saturated carbocycles. The fourth-order valence-electron chi connectivity index (χ4n) is 4.39. The first-order valence-electron chi connectivity index (χ1n) is 10.3. The summed E-state index contributed by atoms with van der Waals surface area (Å²) < 4.78 is 19.2. The van der Waals surface area contributed by atoms with E-state index < -0.39 is 11.7 Å². The smallest absolute Gasteiger partial charge is 0.252 e. The van der Waals surface area contributed by atoms with Crippen molar-refractivity contribution >= 4 is 5.91 Å². The Morgan fingerprint density at radius 1 is 1.23 bits per heavy atom. The minimum Gasteiger partial charge on any atom is -0.395 e. The third-order valence-corrected chi connectivity index (χ3v) is 5.89. The van der Waals surface area contributed by atoms with Gasteiger partial charge in [0.25, 0.3) is 5.91 Å². The summed E-state index contributed by atoms with van der Waals surface area (Å²) in [6, 6.07) is 13.9. The third kappa shape index (κ3) is 4.25. The Kier molecular flexibility index (Phi) is 6.15. The van der Waals surface area contributed by atoms with Crippen LogP contribution in [0.2, 0.25) is 0 Å². The van der Waals surface area contributed by atoms with Gasteiger partial charge in [-0.25, -0.2) is 4.39 Å². The molecule has 30 heavy (non-hydrogen) atoms. The normalized spacial score (nSPS) is 25.9. The zero-order valence-electron chi connectivity index (χ0n) is 16.8. The summed E-state index contributed by atoms with van der Waals surface area (Å²) in [5.74, 6) is -0.489. The van der Waals surface area contributed by atoms with Crippen LogP contribution in [0.1, 0.15) is 29.2 Å². The van der Waals surface area contributed by atoms with Gasteiger partial charge in [-0.3, -0.25) is 4.79 Å². The second-order valence-corrected chi connectivity index (χ2v) is 8.06. The molecule has 7 heteroatoms.